The predicted octanol–water partition coefficient (Wildman–Crippen LogP) is 5.62. The molecule has 0 unspecified atom stereocenters. The molecule has 8 heteroatoms. The van der Waals surface area contributed by atoms with Crippen molar-refractivity contribution in [2.75, 3.05) is 18.6 Å². The van der Waals surface area contributed by atoms with Crippen molar-refractivity contribution in [2.45, 2.75) is 39.4 Å². The van der Waals surface area contributed by atoms with Crippen molar-refractivity contribution < 1.29 is 29.0 Å². The Hall–Kier alpha value is -3.42. The molecule has 36 heavy (non-hydrogen) atoms. The quantitative estimate of drug-likeness (QED) is 0.448. The summed E-state index contributed by atoms with van der Waals surface area (Å²) in [6, 6.07) is 16.0. The number of hydrogen-bond acceptors (Lipinski definition) is 5. The van der Waals surface area contributed by atoms with Crippen molar-refractivity contribution in [1.82, 2.24) is 0 Å². The van der Waals surface area contributed by atoms with Crippen molar-refractivity contribution in [3.05, 3.63) is 76.3 Å². The molecule has 0 radical (unpaired) electrons. The van der Waals surface area contributed by atoms with Gasteiger partial charge < -0.3 is 19.5 Å². The van der Waals surface area contributed by atoms with E-state index in [1.54, 1.807) is 35.2 Å². The molecule has 0 saturated heterocycles. The van der Waals surface area contributed by atoms with Crippen LogP contribution in [0.15, 0.2) is 54.6 Å². The predicted molar refractivity (Wildman–Crippen MR) is 138 cm³/mol. The summed E-state index contributed by atoms with van der Waals surface area (Å²) in [7, 11) is 1.32. The molecule has 1 aliphatic rings. The van der Waals surface area contributed by atoms with Gasteiger partial charge in [-0.2, -0.15) is 0 Å². The number of esters is 1. The van der Waals surface area contributed by atoms with Crippen LogP contribution in [0, 0.1) is 5.41 Å². The van der Waals surface area contributed by atoms with E-state index in [-0.39, 0.29) is 5.41 Å². The number of amides is 1. The molecule has 1 heterocycles. The van der Waals surface area contributed by atoms with Crippen LogP contribution in [0.5, 0.6) is 0 Å². The number of halogens is 1. The molecule has 0 bridgehead atoms. The fourth-order valence-electron chi connectivity index (χ4n) is 4.58. The molecule has 0 fully saturated rings. The molecule has 3 aromatic carbocycles. The average Bonchev–Trinajstić information content (AvgIpc) is 2.92. The Labute approximate surface area is 214 Å². The van der Waals surface area contributed by atoms with Crippen molar-refractivity contribution in [1.29, 1.82) is 0 Å². The minimum Gasteiger partial charge on any atom is -0.481 e. The average molecular weight is 510 g/mol. The van der Waals surface area contributed by atoms with Crippen molar-refractivity contribution in [3.8, 4) is 0 Å². The smallest absolute Gasteiger partial charge is 0.338 e. The van der Waals surface area contributed by atoms with E-state index < -0.39 is 36.5 Å². The highest BCUT2D eigenvalue weighted by Gasteiger charge is 2.39. The molecule has 0 aromatic heterocycles. The largest absolute Gasteiger partial charge is 0.481 e. The summed E-state index contributed by atoms with van der Waals surface area (Å²) in [5.74, 6) is -2.04. The first kappa shape index (κ1) is 25.7. The molecule has 7 nitrogen and oxygen atoms in total. The van der Waals surface area contributed by atoms with E-state index in [4.69, 9.17) is 21.1 Å². The van der Waals surface area contributed by atoms with E-state index >= 15 is 0 Å². The minimum absolute atomic E-state index is 0.269. The fourth-order valence-corrected chi connectivity index (χ4v) is 4.76. The van der Waals surface area contributed by atoms with Crippen LogP contribution in [0.3, 0.4) is 0 Å². The van der Waals surface area contributed by atoms with E-state index in [9.17, 15) is 19.5 Å². The highest BCUT2D eigenvalue weighted by molar-refractivity contribution is 6.30. The Bertz CT molecular complexity index is 1350. The van der Waals surface area contributed by atoms with Gasteiger partial charge in [0.05, 0.1) is 19.1 Å². The summed E-state index contributed by atoms with van der Waals surface area (Å²) in [6.45, 7) is 6.37. The number of carbonyl (C=O) groups is 3. The monoisotopic (exact) mass is 509 g/mol. The van der Waals surface area contributed by atoms with E-state index in [0.717, 1.165) is 5.39 Å². The Morgan fingerprint density at radius 2 is 1.75 bits per heavy atom. The lowest BCUT2D eigenvalue weighted by atomic mass is 9.91. The van der Waals surface area contributed by atoms with Crippen LogP contribution in [0.1, 0.15) is 54.8 Å². The molecule has 2 atom stereocenters. The first-order chi connectivity index (χ1) is 17.0. The number of carboxylic acids is 1. The third kappa shape index (κ3) is 5.08. The maximum atomic E-state index is 13.7. The SMILES string of the molecule is COC(=O)c1ccc([C@H]2O[C@H](CC(=O)O)C(=O)N(CC(C)(C)C)c3ccc(Cl)cc32)c2ccccc12. The highest BCUT2D eigenvalue weighted by Crippen LogP contribution is 2.43. The zero-order chi connectivity index (χ0) is 26.2. The first-order valence-corrected chi connectivity index (χ1v) is 12.0. The number of rotatable bonds is 5. The van der Waals surface area contributed by atoms with Crippen molar-refractivity contribution in [3.63, 3.8) is 0 Å². The van der Waals surface area contributed by atoms with Gasteiger partial charge in [-0.15, -0.1) is 0 Å². The molecule has 188 valence electrons. The molecule has 0 aliphatic carbocycles. The highest BCUT2D eigenvalue weighted by atomic mass is 35.5. The first-order valence-electron chi connectivity index (χ1n) is 11.6. The molecular weight excluding hydrogens is 482 g/mol. The number of ether oxygens (including phenoxy) is 2. The van der Waals surface area contributed by atoms with Crippen LogP contribution in [0.4, 0.5) is 5.69 Å². The van der Waals surface area contributed by atoms with Crippen LogP contribution in [-0.4, -0.2) is 42.7 Å². The summed E-state index contributed by atoms with van der Waals surface area (Å²) in [5.41, 5.74) is 2.06. The van der Waals surface area contributed by atoms with Crippen LogP contribution < -0.4 is 4.90 Å². The van der Waals surface area contributed by atoms with Gasteiger partial charge in [0, 0.05) is 22.8 Å². The van der Waals surface area contributed by atoms with Gasteiger partial charge in [-0.1, -0.05) is 62.7 Å². The summed E-state index contributed by atoms with van der Waals surface area (Å²) in [6.07, 6.45) is -2.52. The standard InChI is InChI=1S/C28H28ClNO6/c1-28(2,3)15-30-22-12-9-16(29)13-21(22)25(36-23(26(30)33)14-24(31)32)19-10-11-20(27(34)35-4)18-8-6-5-7-17(18)19/h5-13,23,25H,14-15H2,1-4H3,(H,31,32)/t23-,25-/m1/s1. The number of carboxylic acid groups (broad SMARTS) is 1. The zero-order valence-corrected chi connectivity index (χ0v) is 21.3. The van der Waals surface area contributed by atoms with E-state index in [2.05, 4.69) is 0 Å². The summed E-state index contributed by atoms with van der Waals surface area (Å²) in [5, 5.41) is 11.4. The van der Waals surface area contributed by atoms with Gasteiger partial charge in [0.15, 0.2) is 0 Å². The second-order valence-corrected chi connectivity index (χ2v) is 10.5. The second-order valence-electron chi connectivity index (χ2n) is 10.0. The Morgan fingerprint density at radius 1 is 1.06 bits per heavy atom. The molecule has 3 aromatic rings. The summed E-state index contributed by atoms with van der Waals surface area (Å²) < 4.78 is 11.3. The van der Waals surface area contributed by atoms with E-state index in [1.165, 1.54) is 7.11 Å². The summed E-state index contributed by atoms with van der Waals surface area (Å²) in [4.78, 5) is 39.4. The maximum absolute atomic E-state index is 13.7. The number of anilines is 1. The van der Waals surface area contributed by atoms with Crippen molar-refractivity contribution >= 4 is 45.9 Å². The number of nitrogens with zero attached hydrogens (tertiary/aromatic N) is 1. The number of methoxy groups -OCH3 is 1. The van der Waals surface area contributed by atoms with Gasteiger partial charge >= 0.3 is 11.9 Å². The van der Waals surface area contributed by atoms with Gasteiger partial charge in [-0.05, 0) is 46.0 Å². The van der Waals surface area contributed by atoms with E-state index in [1.807, 2.05) is 45.0 Å². The molecular formula is C28H28ClNO6. The molecule has 4 rings (SSSR count). The topological polar surface area (TPSA) is 93.1 Å². The number of hydrogen-bond donors (Lipinski definition) is 1. The number of fused-ring (bicyclic) bond motifs is 2. The van der Waals surface area contributed by atoms with Gasteiger partial charge in [-0.25, -0.2) is 4.79 Å². The third-order valence-corrected chi connectivity index (χ3v) is 6.28. The lowest BCUT2D eigenvalue weighted by Crippen LogP contribution is -2.44. The number of benzene rings is 3. The lowest BCUT2D eigenvalue weighted by molar-refractivity contribution is -0.147. The van der Waals surface area contributed by atoms with Crippen LogP contribution in [0.2, 0.25) is 5.02 Å². The Kier molecular flexibility index (Phi) is 7.07. The zero-order valence-electron chi connectivity index (χ0n) is 20.6. The normalized spacial score (nSPS) is 18.0. The van der Waals surface area contributed by atoms with Crippen LogP contribution >= 0.6 is 11.6 Å². The molecule has 1 N–H and O–H groups in total. The van der Waals surface area contributed by atoms with E-state index in [0.29, 0.717) is 39.3 Å². The Morgan fingerprint density at radius 3 is 2.39 bits per heavy atom. The molecule has 0 spiro atoms. The molecule has 1 amide bonds. The van der Waals surface area contributed by atoms with Crippen LogP contribution in [0.25, 0.3) is 10.8 Å². The fraction of sp³-hybridized carbons (Fsp3) is 0.321. The van der Waals surface area contributed by atoms with Crippen LogP contribution in [-0.2, 0) is 19.1 Å². The van der Waals surface area contributed by atoms with Gasteiger partial charge in [-0.3, -0.25) is 9.59 Å². The minimum atomic E-state index is -1.22. The van der Waals surface area contributed by atoms with Gasteiger partial charge in [0.25, 0.3) is 5.91 Å². The number of aliphatic carboxylic acids is 1. The van der Waals surface area contributed by atoms with Crippen molar-refractivity contribution in [2.24, 2.45) is 5.41 Å². The summed E-state index contributed by atoms with van der Waals surface area (Å²) >= 11 is 6.41. The molecule has 1 aliphatic heterocycles. The number of carbonyl (C=O) groups excluding carboxylic acids is 2. The van der Waals surface area contributed by atoms with Gasteiger partial charge in [0.1, 0.15) is 12.2 Å². The lowest BCUT2D eigenvalue weighted by Gasteiger charge is -2.31. The maximum Gasteiger partial charge on any atom is 0.338 e. The molecule has 0 saturated carbocycles. The Balaban J connectivity index is 1.98. The third-order valence-electron chi connectivity index (χ3n) is 6.04. The second kappa shape index (κ2) is 9.91. The van der Waals surface area contributed by atoms with Gasteiger partial charge in [0.2, 0.25) is 0 Å².